The number of likely N-dealkylation sites (tertiary alicyclic amines) is 1. The number of hydrogen-bond acceptors (Lipinski definition) is 11. The lowest BCUT2D eigenvalue weighted by Crippen LogP contribution is -2.50. The Bertz CT molecular complexity index is 2220. The third kappa shape index (κ3) is 8.44. The Morgan fingerprint density at radius 2 is 1.84 bits per heavy atom. The van der Waals surface area contributed by atoms with Gasteiger partial charge in [-0.05, 0) is 54.9 Å². The Hall–Kier alpha value is -4.60. The van der Waals surface area contributed by atoms with Gasteiger partial charge in [0, 0.05) is 50.0 Å². The molecule has 2 saturated carbocycles. The highest BCUT2D eigenvalue weighted by molar-refractivity contribution is 7.90. The van der Waals surface area contributed by atoms with Crippen molar-refractivity contribution in [3.8, 4) is 22.9 Å². The first kappa shape index (κ1) is 41.6. The van der Waals surface area contributed by atoms with Gasteiger partial charge in [-0.25, -0.2) is 13.4 Å². The molecule has 7 rings (SSSR count). The smallest absolute Gasteiger partial charge is 0.240 e. The van der Waals surface area contributed by atoms with Crippen LogP contribution in [0.15, 0.2) is 55.3 Å². The van der Waals surface area contributed by atoms with E-state index in [-0.39, 0.29) is 49.1 Å². The van der Waals surface area contributed by atoms with Gasteiger partial charge < -0.3 is 24.0 Å². The van der Waals surface area contributed by atoms with Crippen LogP contribution in [0.3, 0.4) is 0 Å². The van der Waals surface area contributed by atoms with Crippen LogP contribution in [0.5, 0.6) is 11.5 Å². The summed E-state index contributed by atoms with van der Waals surface area (Å²) in [6.07, 6.45) is 3.38. The molecule has 4 heterocycles. The van der Waals surface area contributed by atoms with Crippen LogP contribution in [0.1, 0.15) is 59.3 Å². The zero-order chi connectivity index (χ0) is 41.6. The molecular weight excluding hydrogens is 786 g/mol. The summed E-state index contributed by atoms with van der Waals surface area (Å²) in [5, 5.41) is 0.213. The lowest BCUT2D eigenvalue weighted by atomic mass is 9.77. The van der Waals surface area contributed by atoms with E-state index >= 15 is 0 Å². The minimum absolute atomic E-state index is 0.000328. The minimum atomic E-state index is -3.88. The molecule has 2 aromatic heterocycles. The van der Waals surface area contributed by atoms with Crippen molar-refractivity contribution in [3.05, 3.63) is 60.3 Å². The zero-order valence-corrected chi connectivity index (χ0v) is 34.8. The maximum absolute atomic E-state index is 14.9. The number of benzene rings is 1. The summed E-state index contributed by atoms with van der Waals surface area (Å²) in [6, 6.07) is 9.61. The van der Waals surface area contributed by atoms with Crippen molar-refractivity contribution in [2.75, 3.05) is 40.0 Å². The third-order valence-corrected chi connectivity index (χ3v) is 14.0. The number of ether oxygens (including phenoxy) is 3. The molecule has 3 aromatic rings. The van der Waals surface area contributed by atoms with Crippen molar-refractivity contribution in [3.63, 3.8) is 0 Å². The van der Waals surface area contributed by atoms with E-state index in [0.717, 1.165) is 0 Å². The molecule has 4 aliphatic rings. The van der Waals surface area contributed by atoms with E-state index in [4.69, 9.17) is 30.8 Å². The Kier molecular flexibility index (Phi) is 11.6. The van der Waals surface area contributed by atoms with Crippen LogP contribution in [-0.4, -0.2) is 109 Å². The number of hydrogen-bond donors (Lipinski definition) is 1. The largest absolute Gasteiger partial charge is 0.495 e. The number of sulfonamides is 1. The van der Waals surface area contributed by atoms with Crippen LogP contribution in [0.2, 0.25) is 5.02 Å². The topological polar surface area (TPSA) is 174 Å². The number of ketones is 1. The average molecular weight is 836 g/mol. The van der Waals surface area contributed by atoms with E-state index in [1.165, 1.54) is 12.0 Å². The first-order chi connectivity index (χ1) is 27.6. The second-order valence-electron chi connectivity index (χ2n) is 16.8. The number of pyridine rings is 2. The molecule has 0 unspecified atom stereocenters. The van der Waals surface area contributed by atoms with Crippen molar-refractivity contribution in [2.45, 2.75) is 76.7 Å². The number of amides is 3. The van der Waals surface area contributed by atoms with Gasteiger partial charge >= 0.3 is 0 Å². The SMILES string of the molecule is C=C[C@@H]1C[C@]1(CC(=O)[C@@H]1C[C@@H](Oc2cc(-c3ccccn3)nc3c(Cl)c(OC)ccc23)CN1C(=O)[C@@H](CC(=O)N1CCOCC1)C(C)(C)C)C(=O)NS(=O)(=O)C1CC1. The summed E-state index contributed by atoms with van der Waals surface area (Å²) in [7, 11) is -2.38. The van der Waals surface area contributed by atoms with Gasteiger partial charge in [0.15, 0.2) is 5.78 Å². The number of nitrogens with zero attached hydrogens (tertiary/aromatic N) is 4. The molecule has 0 spiro atoms. The Morgan fingerprint density at radius 3 is 2.47 bits per heavy atom. The molecule has 1 N–H and O–H groups in total. The number of allylic oxidation sites excluding steroid dienone is 1. The summed E-state index contributed by atoms with van der Waals surface area (Å²) < 4.78 is 45.6. The predicted octanol–water partition coefficient (Wildman–Crippen LogP) is 4.98. The molecule has 2 saturated heterocycles. The normalized spacial score (nSPS) is 23.9. The van der Waals surface area contributed by atoms with Crippen molar-refractivity contribution in [1.29, 1.82) is 0 Å². The lowest BCUT2D eigenvalue weighted by Gasteiger charge is -2.36. The number of Topliss-reactive ketones (excluding diaryl/α,β-unsaturated/α-hetero) is 1. The van der Waals surface area contributed by atoms with Gasteiger partial charge in [-0.3, -0.25) is 28.9 Å². The van der Waals surface area contributed by atoms with Crippen molar-refractivity contribution >= 4 is 56.0 Å². The van der Waals surface area contributed by atoms with Crippen molar-refractivity contribution in [2.24, 2.45) is 22.7 Å². The van der Waals surface area contributed by atoms with Gasteiger partial charge in [-0.2, -0.15) is 0 Å². The number of carbonyl (C=O) groups excluding carboxylic acids is 4. The molecule has 5 atom stereocenters. The number of halogens is 1. The van der Waals surface area contributed by atoms with Crippen LogP contribution in [-0.2, 0) is 33.9 Å². The second-order valence-corrected chi connectivity index (χ2v) is 19.2. The van der Waals surface area contributed by atoms with E-state index in [0.29, 0.717) is 72.9 Å². The van der Waals surface area contributed by atoms with Gasteiger partial charge in [0.05, 0.1) is 66.4 Å². The first-order valence-corrected chi connectivity index (χ1v) is 21.6. The Labute approximate surface area is 343 Å². The lowest BCUT2D eigenvalue weighted by molar-refractivity contribution is -0.149. The molecule has 3 amide bonds. The van der Waals surface area contributed by atoms with Crippen molar-refractivity contribution < 1.29 is 41.8 Å². The van der Waals surface area contributed by atoms with E-state index in [2.05, 4.69) is 16.3 Å². The summed E-state index contributed by atoms with van der Waals surface area (Å²) in [5.41, 5.74) is -0.548. The van der Waals surface area contributed by atoms with Crippen LogP contribution in [0, 0.1) is 22.7 Å². The van der Waals surface area contributed by atoms with E-state index in [9.17, 15) is 27.6 Å². The van der Waals surface area contributed by atoms with Crippen LogP contribution in [0.4, 0.5) is 0 Å². The molecular formula is C42H50ClN5O9S. The van der Waals surface area contributed by atoms with Gasteiger partial charge in [0.1, 0.15) is 22.6 Å². The number of nitrogens with one attached hydrogen (secondary N) is 1. The van der Waals surface area contributed by atoms with E-state index < -0.39 is 61.8 Å². The van der Waals surface area contributed by atoms with E-state index in [1.807, 2.05) is 26.8 Å². The second kappa shape index (κ2) is 16.2. The maximum atomic E-state index is 14.9. The summed E-state index contributed by atoms with van der Waals surface area (Å²) in [6.45, 7) is 11.2. The molecule has 2 aliphatic carbocycles. The quantitative estimate of drug-likeness (QED) is 0.217. The summed E-state index contributed by atoms with van der Waals surface area (Å²) >= 11 is 6.80. The number of rotatable bonds is 14. The molecule has 14 nitrogen and oxygen atoms in total. The van der Waals surface area contributed by atoms with Crippen LogP contribution < -0.4 is 14.2 Å². The zero-order valence-electron chi connectivity index (χ0n) is 33.2. The average Bonchev–Trinajstić information content (AvgIpc) is 4.14. The Balaban J connectivity index is 1.23. The fraction of sp³-hybridized carbons (Fsp3) is 0.524. The van der Waals surface area contributed by atoms with E-state index in [1.54, 1.807) is 47.5 Å². The highest BCUT2D eigenvalue weighted by Gasteiger charge is 2.61. The minimum Gasteiger partial charge on any atom is -0.495 e. The van der Waals surface area contributed by atoms with Gasteiger partial charge in [0.25, 0.3) is 0 Å². The highest BCUT2D eigenvalue weighted by Crippen LogP contribution is 2.57. The molecule has 58 heavy (non-hydrogen) atoms. The van der Waals surface area contributed by atoms with Crippen LogP contribution in [0.25, 0.3) is 22.3 Å². The fourth-order valence-electron chi connectivity index (χ4n) is 8.11. The summed E-state index contributed by atoms with van der Waals surface area (Å²) in [4.78, 5) is 69.3. The standard InChI is InChI=1S/C42H50ClN5O9S/c1-6-25-22-42(25,40(52)46-58(53,54)27-10-11-27)23-33(49)32-19-26(24-48(32)39(51)29(41(2,3)4)20-36(50)47-15-17-56-18-16-47)57-35-21-31(30-9-7-8-14-44-30)45-38-28(35)12-13-34(55-5)37(38)43/h6-9,12-14,21,25-27,29,32H,1,10-11,15-20,22-24H2,2-5H3,(H,46,52)/t25-,26-,29-,32+,42-/m1/s1. The van der Waals surface area contributed by atoms with Gasteiger partial charge in [-0.15, -0.1) is 6.58 Å². The summed E-state index contributed by atoms with van der Waals surface area (Å²) in [5.74, 6) is -2.12. The highest BCUT2D eigenvalue weighted by atomic mass is 35.5. The number of methoxy groups -OCH3 is 1. The van der Waals surface area contributed by atoms with Gasteiger partial charge in [-0.1, -0.05) is 44.5 Å². The predicted molar refractivity (Wildman–Crippen MR) is 216 cm³/mol. The van der Waals surface area contributed by atoms with Crippen molar-refractivity contribution in [1.82, 2.24) is 24.5 Å². The first-order valence-electron chi connectivity index (χ1n) is 19.7. The molecule has 0 radical (unpaired) electrons. The van der Waals surface area contributed by atoms with Crippen LogP contribution >= 0.6 is 11.6 Å². The number of aromatic nitrogens is 2. The maximum Gasteiger partial charge on any atom is 0.240 e. The molecule has 16 heteroatoms. The third-order valence-electron chi connectivity index (χ3n) is 11.8. The molecule has 4 fully saturated rings. The van der Waals surface area contributed by atoms with Gasteiger partial charge in [0.2, 0.25) is 27.7 Å². The number of morpholine rings is 1. The monoisotopic (exact) mass is 835 g/mol. The molecule has 310 valence electrons. The number of carbonyl (C=O) groups is 4. The Morgan fingerprint density at radius 1 is 1.10 bits per heavy atom. The molecule has 1 aromatic carbocycles. The molecule has 0 bridgehead atoms. The number of fused-ring (bicyclic) bond motifs is 1. The fourth-order valence-corrected chi connectivity index (χ4v) is 9.78. The molecule has 2 aliphatic heterocycles.